The van der Waals surface area contributed by atoms with Gasteiger partial charge in [-0.25, -0.2) is 0 Å². The molecular formula is C28H28BNO5S. The predicted molar refractivity (Wildman–Crippen MR) is 139 cm³/mol. The van der Waals surface area contributed by atoms with Crippen molar-refractivity contribution in [1.82, 2.24) is 4.90 Å². The standard InChI is InChI=1S/C28H28BNO5S/c1-2-6-16-13-22-25(28(33)30(27(22)32)15-17-7-5-12-36-17)21-14-24(35-29(34)26(16)21)20-10-11-23(31)19-9-4-3-8-18(19)20/h3-5,7-12,21-22,24-25,31,34H,2,6,13-15H2,1H3/t21-,22-,24-,25+/m0/s1. The average Bonchev–Trinajstić information content (AvgIpc) is 3.47. The number of benzene rings is 2. The summed E-state index contributed by atoms with van der Waals surface area (Å²) in [4.78, 5) is 29.7. The van der Waals surface area contributed by atoms with E-state index < -0.39 is 25.1 Å². The summed E-state index contributed by atoms with van der Waals surface area (Å²) < 4.78 is 6.20. The first-order valence-corrected chi connectivity index (χ1v) is 13.5. The van der Waals surface area contributed by atoms with Crippen LogP contribution in [0.3, 0.4) is 0 Å². The van der Waals surface area contributed by atoms with Crippen LogP contribution >= 0.6 is 11.3 Å². The highest BCUT2D eigenvalue weighted by molar-refractivity contribution is 7.09. The summed E-state index contributed by atoms with van der Waals surface area (Å²) in [5.41, 5.74) is 2.73. The lowest BCUT2D eigenvalue weighted by molar-refractivity contribution is -0.140. The Hall–Kier alpha value is -2.94. The number of thiophene rings is 1. The van der Waals surface area contributed by atoms with E-state index in [9.17, 15) is 19.7 Å². The number of nitrogens with zero attached hydrogens (tertiary/aromatic N) is 1. The molecule has 184 valence electrons. The first-order chi connectivity index (χ1) is 17.5. The lowest BCUT2D eigenvalue weighted by Gasteiger charge is -2.42. The van der Waals surface area contributed by atoms with Crippen molar-refractivity contribution in [3.05, 3.63) is 75.4 Å². The van der Waals surface area contributed by atoms with Crippen molar-refractivity contribution in [3.8, 4) is 5.75 Å². The number of aromatic hydroxyl groups is 1. The van der Waals surface area contributed by atoms with Crippen LogP contribution in [0.2, 0.25) is 0 Å². The van der Waals surface area contributed by atoms with Gasteiger partial charge in [-0.05, 0) is 59.1 Å². The molecule has 2 fully saturated rings. The molecular weight excluding hydrogens is 473 g/mol. The molecule has 0 radical (unpaired) electrons. The number of allylic oxidation sites excluding steroid dienone is 2. The van der Waals surface area contributed by atoms with Crippen LogP contribution in [-0.4, -0.2) is 34.0 Å². The van der Waals surface area contributed by atoms with E-state index in [4.69, 9.17) is 4.65 Å². The molecule has 0 spiro atoms. The number of likely N-dealkylation sites (tertiary alicyclic amines) is 1. The van der Waals surface area contributed by atoms with Gasteiger partial charge in [0, 0.05) is 10.3 Å². The Morgan fingerprint density at radius 1 is 1.06 bits per heavy atom. The maximum absolute atomic E-state index is 13.7. The number of carbonyl (C=O) groups excluding carboxylic acids is 2. The second-order valence-corrected chi connectivity index (χ2v) is 11.1. The highest BCUT2D eigenvalue weighted by atomic mass is 32.1. The van der Waals surface area contributed by atoms with Crippen molar-refractivity contribution in [2.75, 3.05) is 0 Å². The molecule has 8 heteroatoms. The summed E-state index contributed by atoms with van der Waals surface area (Å²) in [7, 11) is -1.13. The van der Waals surface area contributed by atoms with Crippen LogP contribution in [0.4, 0.5) is 0 Å². The van der Waals surface area contributed by atoms with E-state index in [1.54, 1.807) is 17.4 Å². The summed E-state index contributed by atoms with van der Waals surface area (Å²) in [5.74, 6) is -1.20. The molecule has 4 atom stereocenters. The smallest absolute Gasteiger partial charge is 0.487 e. The molecule has 0 unspecified atom stereocenters. The van der Waals surface area contributed by atoms with Crippen LogP contribution in [-0.2, 0) is 20.8 Å². The van der Waals surface area contributed by atoms with Gasteiger partial charge in [-0.15, -0.1) is 11.3 Å². The third kappa shape index (κ3) is 3.70. The van der Waals surface area contributed by atoms with Gasteiger partial charge in [0.2, 0.25) is 11.8 Å². The fraction of sp³-hybridized carbons (Fsp3) is 0.357. The topological polar surface area (TPSA) is 87.1 Å². The Bertz CT molecular complexity index is 1370. The third-order valence-electron chi connectivity index (χ3n) is 8.03. The zero-order valence-electron chi connectivity index (χ0n) is 20.1. The Labute approximate surface area is 214 Å². The number of rotatable bonds is 5. The minimum absolute atomic E-state index is 0.0985. The average molecular weight is 501 g/mol. The van der Waals surface area contributed by atoms with Gasteiger partial charge >= 0.3 is 7.12 Å². The molecule has 3 heterocycles. The highest BCUT2D eigenvalue weighted by Crippen LogP contribution is 2.53. The Morgan fingerprint density at radius 3 is 2.61 bits per heavy atom. The van der Waals surface area contributed by atoms with Crippen molar-refractivity contribution < 1.29 is 24.4 Å². The summed E-state index contributed by atoms with van der Waals surface area (Å²) in [6, 6.07) is 14.9. The van der Waals surface area contributed by atoms with E-state index in [0.717, 1.165) is 45.1 Å². The molecule has 36 heavy (non-hydrogen) atoms. The summed E-state index contributed by atoms with van der Waals surface area (Å²) in [6.45, 7) is 2.39. The van der Waals surface area contributed by atoms with Crippen LogP contribution < -0.4 is 0 Å². The summed E-state index contributed by atoms with van der Waals surface area (Å²) in [5, 5.41) is 25.2. The largest absolute Gasteiger partial charge is 0.507 e. The molecule has 3 aliphatic rings. The van der Waals surface area contributed by atoms with Gasteiger partial charge in [-0.1, -0.05) is 55.3 Å². The number of carbonyl (C=O) groups is 2. The van der Waals surface area contributed by atoms with Crippen molar-refractivity contribution in [1.29, 1.82) is 0 Å². The SMILES string of the molecule is CCCC1=C2B(O)O[C@H](c3ccc(O)c4ccccc34)C[C@H]2[C@H]2C(=O)N(Cc3cccs3)C(=O)[C@H]2C1. The molecule has 0 bridgehead atoms. The maximum atomic E-state index is 13.7. The van der Waals surface area contributed by atoms with Gasteiger partial charge in [0.25, 0.3) is 0 Å². The van der Waals surface area contributed by atoms with E-state index in [2.05, 4.69) is 6.92 Å². The Balaban J connectivity index is 1.40. The van der Waals surface area contributed by atoms with Crippen molar-refractivity contribution in [3.63, 3.8) is 0 Å². The van der Waals surface area contributed by atoms with Crippen LogP contribution in [0.15, 0.2) is 65.0 Å². The van der Waals surface area contributed by atoms with Crippen LogP contribution in [0.1, 0.15) is 49.2 Å². The molecule has 2 N–H and O–H groups in total. The highest BCUT2D eigenvalue weighted by Gasteiger charge is 2.57. The fourth-order valence-corrected chi connectivity index (χ4v) is 7.21. The Kier molecular flexibility index (Phi) is 5.98. The molecule has 0 saturated carbocycles. The van der Waals surface area contributed by atoms with Crippen molar-refractivity contribution in [2.24, 2.45) is 17.8 Å². The number of hydrogen-bond acceptors (Lipinski definition) is 6. The van der Waals surface area contributed by atoms with Gasteiger partial charge in [0.1, 0.15) is 5.75 Å². The van der Waals surface area contributed by atoms with Gasteiger partial charge in [0.05, 0.1) is 24.5 Å². The molecule has 6 rings (SSSR count). The van der Waals surface area contributed by atoms with Crippen LogP contribution in [0.5, 0.6) is 5.75 Å². The van der Waals surface area contributed by atoms with Crippen molar-refractivity contribution >= 4 is 41.0 Å². The minimum atomic E-state index is -1.13. The molecule has 3 aromatic rings. The lowest BCUT2D eigenvalue weighted by Crippen LogP contribution is -2.44. The number of fused-ring (bicyclic) bond motifs is 4. The second kappa shape index (κ2) is 9.18. The number of hydrogen-bond donors (Lipinski definition) is 2. The van der Waals surface area contributed by atoms with E-state index in [-0.39, 0.29) is 23.5 Å². The minimum Gasteiger partial charge on any atom is -0.507 e. The molecule has 1 aliphatic carbocycles. The Morgan fingerprint density at radius 2 is 1.86 bits per heavy atom. The molecule has 2 aromatic carbocycles. The summed E-state index contributed by atoms with van der Waals surface area (Å²) >= 11 is 1.54. The summed E-state index contributed by atoms with van der Waals surface area (Å²) in [6.07, 6.45) is 2.21. The van der Waals surface area contributed by atoms with E-state index in [0.29, 0.717) is 19.4 Å². The van der Waals surface area contributed by atoms with Gasteiger partial charge in [0.15, 0.2) is 0 Å². The van der Waals surface area contributed by atoms with E-state index in [1.807, 2.05) is 47.8 Å². The number of phenols is 1. The third-order valence-corrected chi connectivity index (χ3v) is 8.89. The zero-order chi connectivity index (χ0) is 25.0. The molecule has 2 amide bonds. The quantitative estimate of drug-likeness (QED) is 0.379. The lowest BCUT2D eigenvalue weighted by atomic mass is 9.54. The fourth-order valence-electron chi connectivity index (χ4n) is 6.52. The zero-order valence-corrected chi connectivity index (χ0v) is 20.9. The first kappa shape index (κ1) is 23.5. The van der Waals surface area contributed by atoms with Crippen molar-refractivity contribution in [2.45, 2.75) is 45.3 Å². The number of phenolic OH excluding ortho intramolecular Hbond substituents is 1. The van der Waals surface area contributed by atoms with E-state index >= 15 is 0 Å². The molecule has 1 aromatic heterocycles. The monoisotopic (exact) mass is 501 g/mol. The van der Waals surface area contributed by atoms with Crippen LogP contribution in [0.25, 0.3) is 10.8 Å². The number of imide groups is 1. The van der Waals surface area contributed by atoms with Gasteiger partial charge < -0.3 is 14.8 Å². The second-order valence-electron chi connectivity index (χ2n) is 10.0. The first-order valence-electron chi connectivity index (χ1n) is 12.6. The normalized spacial score (nSPS) is 26.1. The molecule has 2 aliphatic heterocycles. The van der Waals surface area contributed by atoms with E-state index in [1.165, 1.54) is 4.90 Å². The predicted octanol–water partition coefficient (Wildman–Crippen LogP) is 5.01. The maximum Gasteiger partial charge on any atom is 0.487 e. The molecule has 2 saturated heterocycles. The van der Waals surface area contributed by atoms with Gasteiger partial charge in [-0.2, -0.15) is 0 Å². The van der Waals surface area contributed by atoms with Crippen LogP contribution in [0, 0.1) is 17.8 Å². The van der Waals surface area contributed by atoms with Gasteiger partial charge in [-0.3, -0.25) is 14.5 Å². The number of amides is 2. The molecule has 6 nitrogen and oxygen atoms in total.